The average Bonchev–Trinajstić information content (AvgIpc) is 2.69. The Morgan fingerprint density at radius 3 is 1.50 bits per heavy atom. The molecule has 1 aliphatic rings. The van der Waals surface area contributed by atoms with Crippen molar-refractivity contribution < 1.29 is 26.8 Å². The van der Waals surface area contributed by atoms with Crippen LogP contribution in [0.5, 0.6) is 5.75 Å². The number of hydrogen-bond acceptors (Lipinski definition) is 1. The second-order valence-corrected chi connectivity index (χ2v) is 8.77. The van der Waals surface area contributed by atoms with Crippen molar-refractivity contribution in [2.75, 3.05) is 0 Å². The van der Waals surface area contributed by atoms with Crippen LogP contribution in [0.2, 0.25) is 0 Å². The topological polar surface area (TPSA) is 20.2 Å². The van der Waals surface area contributed by atoms with Gasteiger partial charge in [0.15, 0.2) is 0 Å². The molecule has 7 heteroatoms. The van der Waals surface area contributed by atoms with E-state index in [1.54, 1.807) is 0 Å². The maximum absolute atomic E-state index is 10.0. The third-order valence-electron chi connectivity index (χ3n) is 5.07. The number of allylic oxidation sites excluding steroid dienone is 4. The molecule has 0 aromatic heterocycles. The number of phenols is 1. The minimum Gasteiger partial charge on any atom is -0.508 e. The van der Waals surface area contributed by atoms with Crippen molar-refractivity contribution in [3.63, 3.8) is 0 Å². The Balaban J connectivity index is -0.0000000857. The Morgan fingerprint density at radius 1 is 0.867 bits per heavy atom. The number of benzene rings is 1. The molecule has 1 aliphatic carbocycles. The summed E-state index contributed by atoms with van der Waals surface area (Å²) in [6, 6.07) is 0. The van der Waals surface area contributed by atoms with Crippen LogP contribution in [0.4, 0.5) is 0 Å². The third kappa shape index (κ3) is 9.93. The fraction of sp³-hybridized carbons (Fsp3) is 0.478. The molecule has 1 atom stereocenters. The van der Waals surface area contributed by atoms with Crippen molar-refractivity contribution in [1.29, 1.82) is 0 Å². The van der Waals surface area contributed by atoms with Crippen LogP contribution in [0.3, 0.4) is 0 Å². The number of rotatable bonds is 0. The van der Waals surface area contributed by atoms with Gasteiger partial charge >= 0.3 is 21.7 Å². The molecule has 1 aromatic rings. The van der Waals surface area contributed by atoms with Crippen molar-refractivity contribution in [2.45, 2.75) is 67.7 Å². The fourth-order valence-corrected chi connectivity index (χ4v) is 4.20. The first-order valence-electron chi connectivity index (χ1n) is 8.38. The van der Waals surface area contributed by atoms with Gasteiger partial charge in [0, 0.05) is 21.2 Å². The molecule has 1 N–H and O–H groups in total. The monoisotopic (exact) mass is 531 g/mol. The Hall–Kier alpha value is 0.445. The molecule has 0 saturated heterocycles. The van der Waals surface area contributed by atoms with Gasteiger partial charge in [0.05, 0.1) is 10.2 Å². The second-order valence-electron chi connectivity index (χ2n) is 7.77. The molecule has 1 aromatic carbocycles. The van der Waals surface area contributed by atoms with Gasteiger partial charge in [-0.25, -0.2) is 10.8 Å². The van der Waals surface area contributed by atoms with E-state index in [1.807, 2.05) is 6.92 Å². The van der Waals surface area contributed by atoms with Gasteiger partial charge in [-0.05, 0) is 53.6 Å². The molecular weight excluding hydrogens is 495 g/mol. The summed E-state index contributed by atoms with van der Waals surface area (Å²) in [7, 11) is 7.04. The van der Waals surface area contributed by atoms with Crippen molar-refractivity contribution >= 4 is 61.5 Å². The van der Waals surface area contributed by atoms with E-state index in [0.29, 0.717) is 11.7 Å². The Bertz CT molecular complexity index is 695. The molecule has 2 rings (SSSR count). The van der Waals surface area contributed by atoms with Gasteiger partial charge in [-0.2, -0.15) is 5.57 Å². The summed E-state index contributed by atoms with van der Waals surface area (Å²) >= 11 is 0. The summed E-state index contributed by atoms with van der Waals surface area (Å²) in [5.41, 5.74) is 7.42. The maximum Gasteiger partial charge on any atom is 3.00 e. The van der Waals surface area contributed by atoms with Crippen molar-refractivity contribution in [2.24, 2.45) is 5.92 Å². The zero-order chi connectivity index (χ0) is 19.0. The van der Waals surface area contributed by atoms with E-state index in [-0.39, 0.29) is 77.8 Å². The summed E-state index contributed by atoms with van der Waals surface area (Å²) in [6.07, 6.45) is 3.27. The molecule has 165 valence electrons. The van der Waals surface area contributed by atoms with Gasteiger partial charge in [0.25, 0.3) is 0 Å². The Morgan fingerprint density at radius 2 is 1.27 bits per heavy atom. The second kappa shape index (κ2) is 17.0. The van der Waals surface area contributed by atoms with Crippen LogP contribution in [0.1, 0.15) is 63.8 Å². The fourth-order valence-electron chi connectivity index (χ4n) is 3.03. The minimum absolute atomic E-state index is 0. The summed E-state index contributed by atoms with van der Waals surface area (Å²) in [5, 5.41) is 12.0. The van der Waals surface area contributed by atoms with Crippen LogP contribution >= 0.6 is 24.8 Å². The first kappa shape index (κ1) is 44.2. The van der Waals surface area contributed by atoms with Crippen LogP contribution < -0.4 is 5.19 Å². The molecule has 11 radical (unpaired) electrons. The minimum atomic E-state index is 0. The largest absolute Gasteiger partial charge is 3.00 e. The quantitative estimate of drug-likeness (QED) is 0.341. The van der Waals surface area contributed by atoms with E-state index in [4.69, 9.17) is 0 Å². The molecular formula is C23H37Cl2OSi3Ti. The van der Waals surface area contributed by atoms with Crippen LogP contribution in [0, 0.1) is 47.6 Å². The molecule has 1 unspecified atom stereocenters. The summed E-state index contributed by atoms with van der Waals surface area (Å²) in [6.45, 7) is 19.0. The molecule has 1 nitrogen and oxygen atoms in total. The molecule has 0 saturated carbocycles. The van der Waals surface area contributed by atoms with E-state index in [1.165, 1.54) is 27.8 Å². The summed E-state index contributed by atoms with van der Waals surface area (Å²) in [4.78, 5) is 0. The van der Waals surface area contributed by atoms with Gasteiger partial charge in [0.1, 0.15) is 5.75 Å². The summed E-state index contributed by atoms with van der Waals surface area (Å²) in [5.74, 6) is 0.886. The van der Waals surface area contributed by atoms with E-state index >= 15 is 0 Å². The first-order valence-corrected chi connectivity index (χ1v) is 9.38. The molecule has 0 bridgehead atoms. The van der Waals surface area contributed by atoms with Crippen LogP contribution in [0.15, 0.2) is 16.3 Å². The van der Waals surface area contributed by atoms with Crippen molar-refractivity contribution in [3.05, 3.63) is 59.5 Å². The predicted molar refractivity (Wildman–Crippen MR) is 140 cm³/mol. The number of aromatic hydroxyl groups is 1. The van der Waals surface area contributed by atoms with Gasteiger partial charge in [0.2, 0.25) is 0 Å². The van der Waals surface area contributed by atoms with Gasteiger partial charge in [-0.3, -0.25) is 6.08 Å². The smallest absolute Gasteiger partial charge is 0.508 e. The van der Waals surface area contributed by atoms with Crippen LogP contribution in [-0.2, 0) is 27.1 Å². The maximum atomic E-state index is 10.0. The van der Waals surface area contributed by atoms with Crippen LogP contribution in [0.25, 0.3) is 0 Å². The van der Waals surface area contributed by atoms with Gasteiger partial charge < -0.3 is 20.0 Å². The molecule has 0 heterocycles. The van der Waals surface area contributed by atoms with E-state index in [2.05, 4.69) is 82.0 Å². The van der Waals surface area contributed by atoms with Gasteiger partial charge in [-0.1, -0.05) is 40.5 Å². The number of hydrogen-bond donors (Lipinski definition) is 1. The van der Waals surface area contributed by atoms with Crippen LogP contribution in [-0.4, -0.2) is 36.6 Å². The third-order valence-corrected chi connectivity index (χ3v) is 6.08. The average molecular weight is 533 g/mol. The normalized spacial score (nSPS) is 14.1. The van der Waals surface area contributed by atoms with E-state index in [0.717, 1.165) is 15.9 Å². The van der Waals surface area contributed by atoms with E-state index < -0.39 is 0 Å². The zero-order valence-corrected chi connectivity index (χ0v) is 26.5. The number of phenolic OH excluding ortho intramolecular Hbond substituents is 1. The molecule has 30 heavy (non-hydrogen) atoms. The zero-order valence-electron chi connectivity index (χ0n) is 20.3. The molecule has 0 spiro atoms. The summed E-state index contributed by atoms with van der Waals surface area (Å²) < 4.78 is 0. The molecule has 0 fully saturated rings. The van der Waals surface area contributed by atoms with E-state index in [9.17, 15) is 5.11 Å². The first-order chi connectivity index (χ1) is 10.8. The van der Waals surface area contributed by atoms with Crippen molar-refractivity contribution in [3.8, 4) is 5.75 Å². The molecule has 0 amide bonds. The Labute approximate surface area is 225 Å². The van der Waals surface area contributed by atoms with Gasteiger partial charge in [-0.15, -0.1) is 31.7 Å². The predicted octanol–water partition coefficient (Wildman–Crippen LogP) is 5.60. The number of halogens is 2. The Kier molecular flexibility index (Phi) is 25.0. The van der Waals surface area contributed by atoms with Crippen molar-refractivity contribution in [1.82, 2.24) is 0 Å². The SMILES string of the molecule is CC1=C(C)C(C)[C-]=C1[Si].Cc1c(C)c(O)c([Si])c(C(C)(C)C)c1C.Cl.Cl.[CH3-].[CH3-].[Si].[Ti+3]. The molecule has 0 aliphatic heterocycles. The standard InChI is InChI=1S/C13H19OSi.C8H10Si.2CH3.2ClH.Si.Ti/c1-7-8(2)10(13(4,5)6)12(15)11(14)9(7)3;1-5-4-8(9)7(3)6(5)2;;;;;;/h14H,1-6H3;5H,1-3H3;2*1H3;2*1H;;/q;3*-1;;;;+3.